The molecule has 0 saturated heterocycles. The van der Waals surface area contributed by atoms with Crippen molar-refractivity contribution in [3.05, 3.63) is 36.8 Å². The zero-order valence-corrected chi connectivity index (χ0v) is 17.1. The summed E-state index contributed by atoms with van der Waals surface area (Å²) in [4.78, 5) is 15.5. The second-order valence-corrected chi connectivity index (χ2v) is 7.92. The third-order valence-electron chi connectivity index (χ3n) is 3.96. The summed E-state index contributed by atoms with van der Waals surface area (Å²) in [5.41, 5.74) is 9.32. The van der Waals surface area contributed by atoms with E-state index in [4.69, 9.17) is 11.1 Å². The normalized spacial score (nSPS) is 12.1. The van der Waals surface area contributed by atoms with Crippen molar-refractivity contribution in [2.24, 2.45) is 10.7 Å². The molecular formula is C19H24N8S. The number of fused-ring (bicyclic) bond motifs is 1. The largest absolute Gasteiger partial charge is 0.378 e. The van der Waals surface area contributed by atoms with E-state index in [2.05, 4.69) is 39.1 Å². The Hall–Kier alpha value is -2.78. The van der Waals surface area contributed by atoms with Gasteiger partial charge in [0.15, 0.2) is 11.0 Å². The van der Waals surface area contributed by atoms with Gasteiger partial charge in [-0.25, -0.2) is 9.98 Å². The average Bonchev–Trinajstić information content (AvgIpc) is 3.09. The van der Waals surface area contributed by atoms with Crippen LogP contribution in [0.2, 0.25) is 0 Å². The molecule has 0 aromatic carbocycles. The van der Waals surface area contributed by atoms with E-state index in [1.807, 2.05) is 35.4 Å². The molecule has 3 aromatic rings. The average molecular weight is 397 g/mol. The summed E-state index contributed by atoms with van der Waals surface area (Å²) in [6, 6.07) is 5.61. The zero-order chi connectivity index (χ0) is 20.1. The molecule has 3 aromatic heterocycles. The molecule has 0 spiro atoms. The van der Waals surface area contributed by atoms with Crippen molar-refractivity contribution in [2.75, 3.05) is 20.6 Å². The summed E-state index contributed by atoms with van der Waals surface area (Å²) in [5, 5.41) is 12.6. The van der Waals surface area contributed by atoms with Crippen LogP contribution in [0, 0.1) is 5.41 Å². The number of amidine groups is 1. The zero-order valence-electron chi connectivity index (χ0n) is 16.3. The molecule has 9 heteroatoms. The maximum absolute atomic E-state index is 7.47. The summed E-state index contributed by atoms with van der Waals surface area (Å²) in [6.07, 6.45) is 6.75. The SMILES string of the molecule is CC(=N)SC(N)=Nc1ccc2ncc(-c3cnn(CCCN(C)C)c3)cc2n1. The van der Waals surface area contributed by atoms with Crippen LogP contribution in [0.15, 0.2) is 41.8 Å². The minimum absolute atomic E-state index is 0.294. The lowest BCUT2D eigenvalue weighted by Gasteiger charge is -2.08. The van der Waals surface area contributed by atoms with Crippen molar-refractivity contribution >= 4 is 38.8 Å². The van der Waals surface area contributed by atoms with E-state index >= 15 is 0 Å². The third-order valence-corrected chi connectivity index (χ3v) is 4.57. The molecule has 0 radical (unpaired) electrons. The van der Waals surface area contributed by atoms with Gasteiger partial charge in [-0.1, -0.05) is 0 Å². The molecule has 0 atom stereocenters. The topological polar surface area (TPSA) is 109 Å². The highest BCUT2D eigenvalue weighted by atomic mass is 32.2. The summed E-state index contributed by atoms with van der Waals surface area (Å²) in [5.74, 6) is 0.497. The van der Waals surface area contributed by atoms with Crippen LogP contribution in [0.5, 0.6) is 0 Å². The lowest BCUT2D eigenvalue weighted by atomic mass is 10.1. The quantitative estimate of drug-likeness (QED) is 0.489. The van der Waals surface area contributed by atoms with Crippen molar-refractivity contribution in [3.63, 3.8) is 0 Å². The van der Waals surface area contributed by atoms with E-state index in [-0.39, 0.29) is 0 Å². The van der Waals surface area contributed by atoms with Gasteiger partial charge in [0.2, 0.25) is 0 Å². The monoisotopic (exact) mass is 396 g/mol. The highest BCUT2D eigenvalue weighted by Gasteiger charge is 2.07. The molecule has 0 saturated carbocycles. The molecule has 3 rings (SSSR count). The Balaban J connectivity index is 1.81. The Morgan fingerprint density at radius 2 is 2.07 bits per heavy atom. The summed E-state index contributed by atoms with van der Waals surface area (Å²) >= 11 is 1.11. The van der Waals surface area contributed by atoms with Crippen LogP contribution in [0.25, 0.3) is 22.2 Å². The van der Waals surface area contributed by atoms with Crippen molar-refractivity contribution in [1.29, 1.82) is 5.41 Å². The van der Waals surface area contributed by atoms with Crippen molar-refractivity contribution < 1.29 is 0 Å². The molecule has 28 heavy (non-hydrogen) atoms. The number of nitrogens with one attached hydrogen (secondary N) is 1. The minimum atomic E-state index is 0.294. The van der Waals surface area contributed by atoms with Crippen molar-refractivity contribution in [3.8, 4) is 11.1 Å². The first-order valence-electron chi connectivity index (χ1n) is 8.92. The Morgan fingerprint density at radius 1 is 1.25 bits per heavy atom. The molecule has 3 heterocycles. The standard InChI is InChI=1S/C19H24N8S/c1-13(20)28-19(21)25-18-6-5-16-17(24-18)9-14(10-22-16)15-11-23-27(12-15)8-4-7-26(2)3/h5-6,9-12,20H,4,7-8H2,1-3H3,(H2,21,24,25). The number of aryl methyl sites for hydroxylation is 1. The Morgan fingerprint density at radius 3 is 2.82 bits per heavy atom. The van der Waals surface area contributed by atoms with Gasteiger partial charge in [-0.2, -0.15) is 5.10 Å². The lowest BCUT2D eigenvalue weighted by molar-refractivity contribution is 0.380. The summed E-state index contributed by atoms with van der Waals surface area (Å²) < 4.78 is 1.95. The van der Waals surface area contributed by atoms with Crippen molar-refractivity contribution in [2.45, 2.75) is 19.9 Å². The molecule has 146 valence electrons. The van der Waals surface area contributed by atoms with E-state index in [0.717, 1.165) is 53.4 Å². The smallest absolute Gasteiger partial charge is 0.166 e. The van der Waals surface area contributed by atoms with Gasteiger partial charge < -0.3 is 10.6 Å². The number of thioether (sulfide) groups is 1. The van der Waals surface area contributed by atoms with Crippen LogP contribution in [0.3, 0.4) is 0 Å². The first kappa shape index (κ1) is 20.0. The van der Waals surface area contributed by atoms with E-state index in [0.29, 0.717) is 16.0 Å². The van der Waals surface area contributed by atoms with Crippen LogP contribution in [-0.4, -0.2) is 55.5 Å². The number of nitrogens with two attached hydrogens (primary N) is 1. The summed E-state index contributed by atoms with van der Waals surface area (Å²) in [7, 11) is 4.14. The van der Waals surface area contributed by atoms with Gasteiger partial charge in [-0.05, 0) is 63.9 Å². The van der Waals surface area contributed by atoms with Crippen LogP contribution < -0.4 is 5.73 Å². The molecule has 0 aliphatic heterocycles. The maximum atomic E-state index is 7.47. The second-order valence-electron chi connectivity index (χ2n) is 6.69. The molecule has 0 aliphatic rings. The predicted molar refractivity (Wildman–Crippen MR) is 116 cm³/mol. The predicted octanol–water partition coefficient (Wildman–Crippen LogP) is 3.12. The Labute approximate surface area is 168 Å². The lowest BCUT2D eigenvalue weighted by Crippen LogP contribution is -2.15. The fourth-order valence-corrected chi connectivity index (χ4v) is 3.15. The van der Waals surface area contributed by atoms with Gasteiger partial charge in [0.25, 0.3) is 0 Å². The molecule has 0 bridgehead atoms. The molecular weight excluding hydrogens is 372 g/mol. The first-order chi connectivity index (χ1) is 13.4. The fourth-order valence-electron chi connectivity index (χ4n) is 2.69. The van der Waals surface area contributed by atoms with E-state index < -0.39 is 0 Å². The van der Waals surface area contributed by atoms with Crippen LogP contribution in [-0.2, 0) is 6.54 Å². The van der Waals surface area contributed by atoms with Crippen LogP contribution >= 0.6 is 11.8 Å². The Bertz CT molecular complexity index is 1010. The molecule has 8 nitrogen and oxygen atoms in total. The number of hydrogen-bond acceptors (Lipinski definition) is 7. The first-order valence-corrected chi connectivity index (χ1v) is 9.74. The second kappa shape index (κ2) is 8.94. The highest BCUT2D eigenvalue weighted by molar-refractivity contribution is 8.26. The van der Waals surface area contributed by atoms with E-state index in [9.17, 15) is 0 Å². The van der Waals surface area contributed by atoms with E-state index in [1.54, 1.807) is 13.0 Å². The molecule has 0 fully saturated rings. The molecule has 3 N–H and O–H groups in total. The van der Waals surface area contributed by atoms with Gasteiger partial charge in [0.1, 0.15) is 0 Å². The number of pyridine rings is 2. The van der Waals surface area contributed by atoms with Crippen LogP contribution in [0.1, 0.15) is 13.3 Å². The van der Waals surface area contributed by atoms with Gasteiger partial charge in [-0.15, -0.1) is 0 Å². The van der Waals surface area contributed by atoms with Gasteiger partial charge in [-0.3, -0.25) is 15.1 Å². The van der Waals surface area contributed by atoms with Gasteiger partial charge in [0, 0.05) is 30.1 Å². The number of aliphatic imine (C=N–C) groups is 1. The molecule has 0 amide bonds. The Kier molecular flexibility index (Phi) is 6.37. The number of aromatic nitrogens is 4. The number of nitrogens with zero attached hydrogens (tertiary/aromatic N) is 6. The minimum Gasteiger partial charge on any atom is -0.378 e. The summed E-state index contributed by atoms with van der Waals surface area (Å²) in [6.45, 7) is 3.57. The van der Waals surface area contributed by atoms with Crippen LogP contribution in [0.4, 0.5) is 5.82 Å². The molecule has 0 aliphatic carbocycles. The fraction of sp³-hybridized carbons (Fsp3) is 0.316. The molecule has 0 unspecified atom stereocenters. The van der Waals surface area contributed by atoms with E-state index in [1.165, 1.54) is 0 Å². The number of rotatable bonds is 6. The number of hydrogen-bond donors (Lipinski definition) is 2. The van der Waals surface area contributed by atoms with Crippen molar-refractivity contribution in [1.82, 2.24) is 24.6 Å². The van der Waals surface area contributed by atoms with Gasteiger partial charge >= 0.3 is 0 Å². The maximum Gasteiger partial charge on any atom is 0.166 e. The highest BCUT2D eigenvalue weighted by Crippen LogP contribution is 2.23. The van der Waals surface area contributed by atoms with Gasteiger partial charge in [0.05, 0.1) is 22.3 Å². The third kappa shape index (κ3) is 5.37.